The normalized spacial score (nSPS) is 18.9. The number of carbonyl (C=O) groups excluding carboxylic acids is 1. The van der Waals surface area contributed by atoms with E-state index in [1.807, 2.05) is 0 Å². The molecule has 0 saturated carbocycles. The highest BCUT2D eigenvalue weighted by atomic mass is 35.5. The van der Waals surface area contributed by atoms with Crippen LogP contribution in [0, 0.1) is 5.92 Å². The number of amides is 1. The fourth-order valence-electron chi connectivity index (χ4n) is 2.85. The SMILES string of the molecule is C[C@@H]1CCCN(S(=O)(=O)c2csc(C(=O)Nc3cccc(Cl)c3)c2)C1. The molecule has 1 saturated heterocycles. The van der Waals surface area contributed by atoms with Gasteiger partial charge in [0, 0.05) is 29.2 Å². The Hall–Kier alpha value is -1.41. The van der Waals surface area contributed by atoms with E-state index in [4.69, 9.17) is 11.6 Å². The minimum Gasteiger partial charge on any atom is -0.321 e. The Labute approximate surface area is 156 Å². The van der Waals surface area contributed by atoms with Gasteiger partial charge in [0.25, 0.3) is 5.91 Å². The van der Waals surface area contributed by atoms with E-state index in [2.05, 4.69) is 12.2 Å². The molecule has 3 rings (SSSR count). The zero-order valence-electron chi connectivity index (χ0n) is 13.7. The summed E-state index contributed by atoms with van der Waals surface area (Å²) < 4.78 is 27.0. The highest BCUT2D eigenvalue weighted by Crippen LogP contribution is 2.27. The zero-order valence-corrected chi connectivity index (χ0v) is 16.1. The highest BCUT2D eigenvalue weighted by Gasteiger charge is 2.30. The van der Waals surface area contributed by atoms with Crippen molar-refractivity contribution in [2.24, 2.45) is 5.92 Å². The molecule has 1 atom stereocenters. The van der Waals surface area contributed by atoms with Crippen LogP contribution in [0.4, 0.5) is 5.69 Å². The number of piperidine rings is 1. The molecule has 1 aliphatic heterocycles. The number of carbonyl (C=O) groups is 1. The van der Waals surface area contributed by atoms with Crippen LogP contribution in [-0.4, -0.2) is 31.7 Å². The van der Waals surface area contributed by atoms with Crippen LogP contribution in [0.5, 0.6) is 0 Å². The van der Waals surface area contributed by atoms with Crippen LogP contribution in [0.15, 0.2) is 40.6 Å². The van der Waals surface area contributed by atoms with E-state index >= 15 is 0 Å². The molecule has 0 bridgehead atoms. The predicted molar refractivity (Wildman–Crippen MR) is 101 cm³/mol. The summed E-state index contributed by atoms with van der Waals surface area (Å²) in [4.78, 5) is 12.9. The molecule has 1 amide bonds. The molecule has 1 fully saturated rings. The maximum Gasteiger partial charge on any atom is 0.265 e. The Balaban J connectivity index is 1.76. The van der Waals surface area contributed by atoms with E-state index in [0.717, 1.165) is 24.2 Å². The summed E-state index contributed by atoms with van der Waals surface area (Å²) >= 11 is 7.02. The lowest BCUT2D eigenvalue weighted by Crippen LogP contribution is -2.38. The Morgan fingerprint density at radius 2 is 2.16 bits per heavy atom. The van der Waals surface area contributed by atoms with Crippen molar-refractivity contribution < 1.29 is 13.2 Å². The lowest BCUT2D eigenvalue weighted by Gasteiger charge is -2.29. The van der Waals surface area contributed by atoms with Gasteiger partial charge in [0.15, 0.2) is 0 Å². The summed E-state index contributed by atoms with van der Waals surface area (Å²) in [5, 5.41) is 4.78. The van der Waals surface area contributed by atoms with Crippen LogP contribution in [-0.2, 0) is 10.0 Å². The average Bonchev–Trinajstić information content (AvgIpc) is 3.06. The summed E-state index contributed by atoms with van der Waals surface area (Å²) in [5.41, 5.74) is 0.570. The lowest BCUT2D eigenvalue weighted by molar-refractivity contribution is 0.103. The Bertz CT molecular complexity index is 880. The number of sulfonamides is 1. The van der Waals surface area contributed by atoms with Gasteiger partial charge in [-0.3, -0.25) is 4.79 Å². The molecule has 2 aromatic rings. The third-order valence-corrected chi connectivity index (χ3v) is 7.30. The van der Waals surface area contributed by atoms with Crippen molar-refractivity contribution in [1.29, 1.82) is 0 Å². The van der Waals surface area contributed by atoms with E-state index in [9.17, 15) is 13.2 Å². The second-order valence-electron chi connectivity index (χ2n) is 6.22. The average molecular weight is 399 g/mol. The topological polar surface area (TPSA) is 66.5 Å². The van der Waals surface area contributed by atoms with Crippen molar-refractivity contribution in [3.63, 3.8) is 0 Å². The molecule has 1 N–H and O–H groups in total. The van der Waals surface area contributed by atoms with Gasteiger partial charge in [-0.2, -0.15) is 4.31 Å². The van der Waals surface area contributed by atoms with Crippen molar-refractivity contribution in [2.75, 3.05) is 18.4 Å². The van der Waals surface area contributed by atoms with E-state index in [-0.39, 0.29) is 10.8 Å². The number of halogens is 1. The molecule has 1 aromatic carbocycles. The first-order valence-electron chi connectivity index (χ1n) is 8.02. The standard InChI is InChI=1S/C17H19ClN2O3S2/c1-12-4-3-7-20(10-12)25(22,23)15-9-16(24-11-15)17(21)19-14-6-2-5-13(18)8-14/h2,5-6,8-9,11-12H,3-4,7,10H2,1H3,(H,19,21)/t12-/m1/s1. The summed E-state index contributed by atoms with van der Waals surface area (Å²) in [6.45, 7) is 3.12. The molecule has 0 spiro atoms. The van der Waals surface area contributed by atoms with Crippen LogP contribution in [0.25, 0.3) is 0 Å². The number of hydrogen-bond donors (Lipinski definition) is 1. The number of rotatable bonds is 4. The maximum absolute atomic E-state index is 12.8. The number of benzene rings is 1. The van der Waals surface area contributed by atoms with Crippen molar-refractivity contribution in [3.8, 4) is 0 Å². The van der Waals surface area contributed by atoms with E-state index < -0.39 is 10.0 Å². The second-order valence-corrected chi connectivity index (χ2v) is 9.51. The highest BCUT2D eigenvalue weighted by molar-refractivity contribution is 7.89. The predicted octanol–water partition coefficient (Wildman–Crippen LogP) is 4.07. The van der Waals surface area contributed by atoms with Gasteiger partial charge in [-0.05, 0) is 43.0 Å². The summed E-state index contributed by atoms with van der Waals surface area (Å²) in [7, 11) is -3.54. The van der Waals surface area contributed by atoms with Gasteiger partial charge in [-0.1, -0.05) is 24.6 Å². The third-order valence-electron chi connectivity index (χ3n) is 4.14. The monoisotopic (exact) mass is 398 g/mol. The third kappa shape index (κ3) is 4.23. The van der Waals surface area contributed by atoms with Crippen LogP contribution in [0.1, 0.15) is 29.4 Å². The first kappa shape index (κ1) is 18.4. The summed E-state index contributed by atoms with van der Waals surface area (Å²) in [6.07, 6.45) is 1.91. The fraction of sp³-hybridized carbons (Fsp3) is 0.353. The zero-order chi connectivity index (χ0) is 18.0. The Morgan fingerprint density at radius 3 is 2.88 bits per heavy atom. The number of hydrogen-bond acceptors (Lipinski definition) is 4. The fourth-order valence-corrected chi connectivity index (χ4v) is 5.79. The van der Waals surface area contributed by atoms with Crippen molar-refractivity contribution in [3.05, 3.63) is 45.6 Å². The van der Waals surface area contributed by atoms with E-state index in [1.165, 1.54) is 15.8 Å². The first-order chi connectivity index (χ1) is 11.9. The summed E-state index contributed by atoms with van der Waals surface area (Å²) in [5.74, 6) is 0.00786. The van der Waals surface area contributed by atoms with Crippen LogP contribution < -0.4 is 5.32 Å². The Kier molecular flexibility index (Phi) is 5.48. The molecule has 1 aliphatic rings. The number of nitrogens with zero attached hydrogens (tertiary/aromatic N) is 1. The smallest absolute Gasteiger partial charge is 0.265 e. The van der Waals surface area contributed by atoms with Crippen molar-refractivity contribution in [1.82, 2.24) is 4.31 Å². The van der Waals surface area contributed by atoms with Crippen molar-refractivity contribution >= 4 is 44.6 Å². The van der Waals surface area contributed by atoms with Gasteiger partial charge >= 0.3 is 0 Å². The van der Waals surface area contributed by atoms with Gasteiger partial charge in [0.2, 0.25) is 10.0 Å². The van der Waals surface area contributed by atoms with Gasteiger partial charge in [0.05, 0.1) is 9.77 Å². The Morgan fingerprint density at radius 1 is 1.36 bits per heavy atom. The molecule has 5 nitrogen and oxygen atoms in total. The van der Waals surface area contributed by atoms with Crippen LogP contribution in [0.2, 0.25) is 5.02 Å². The minimum atomic E-state index is -3.54. The quantitative estimate of drug-likeness (QED) is 0.843. The molecule has 2 heterocycles. The number of anilines is 1. The largest absolute Gasteiger partial charge is 0.321 e. The molecule has 0 aliphatic carbocycles. The molecular formula is C17H19ClN2O3S2. The molecule has 1 aromatic heterocycles. The summed E-state index contributed by atoms with van der Waals surface area (Å²) in [6, 6.07) is 8.26. The molecule has 0 radical (unpaired) electrons. The van der Waals surface area contributed by atoms with Gasteiger partial charge < -0.3 is 5.32 Å². The van der Waals surface area contributed by atoms with Gasteiger partial charge in [-0.25, -0.2) is 8.42 Å². The molecule has 25 heavy (non-hydrogen) atoms. The van der Waals surface area contributed by atoms with Crippen LogP contribution in [0.3, 0.4) is 0 Å². The number of nitrogens with one attached hydrogen (secondary N) is 1. The molecule has 0 unspecified atom stereocenters. The minimum absolute atomic E-state index is 0.183. The van der Waals surface area contributed by atoms with Crippen molar-refractivity contribution in [2.45, 2.75) is 24.7 Å². The molecule has 8 heteroatoms. The van der Waals surface area contributed by atoms with Gasteiger partial charge in [-0.15, -0.1) is 11.3 Å². The maximum atomic E-state index is 12.8. The lowest BCUT2D eigenvalue weighted by atomic mass is 10.0. The van der Waals surface area contributed by atoms with Crippen LogP contribution >= 0.6 is 22.9 Å². The second kappa shape index (κ2) is 7.45. The van der Waals surface area contributed by atoms with Gasteiger partial charge in [0.1, 0.15) is 0 Å². The molecule has 134 valence electrons. The first-order valence-corrected chi connectivity index (χ1v) is 10.7. The van der Waals surface area contributed by atoms with E-state index in [1.54, 1.807) is 24.3 Å². The van der Waals surface area contributed by atoms with E-state index in [0.29, 0.717) is 34.6 Å². The number of thiophene rings is 1. The molecular weight excluding hydrogens is 380 g/mol.